The Hall–Kier alpha value is -1.51. The molecule has 1 aromatic rings. The van der Waals surface area contributed by atoms with E-state index in [-0.39, 0.29) is 5.56 Å². The summed E-state index contributed by atoms with van der Waals surface area (Å²) in [6.07, 6.45) is -0.920. The summed E-state index contributed by atoms with van der Waals surface area (Å²) in [5.74, 6) is -1.94. The van der Waals surface area contributed by atoms with Crippen molar-refractivity contribution in [2.75, 3.05) is 0 Å². The Bertz CT molecular complexity index is 389. The van der Waals surface area contributed by atoms with Gasteiger partial charge >= 0.3 is 0 Å². The molecule has 2 atom stereocenters. The fourth-order valence-electron chi connectivity index (χ4n) is 1.17. The average molecular weight is 212 g/mol. The van der Waals surface area contributed by atoms with E-state index in [1.807, 2.05) is 0 Å². The Kier molecular flexibility index (Phi) is 3.35. The number of halogens is 2. The molecule has 3 N–H and O–H groups in total. The van der Waals surface area contributed by atoms with Crippen molar-refractivity contribution in [1.82, 2.24) is 0 Å². The first kappa shape index (κ1) is 11.6. The molecule has 0 aromatic heterocycles. The number of benzene rings is 1. The van der Waals surface area contributed by atoms with Gasteiger partial charge in [-0.2, -0.15) is 5.26 Å². The first-order valence-electron chi connectivity index (χ1n) is 4.30. The normalized spacial score (nSPS) is 14.4. The summed E-state index contributed by atoms with van der Waals surface area (Å²) < 4.78 is 26.3. The van der Waals surface area contributed by atoms with Crippen LogP contribution in [0.2, 0.25) is 0 Å². The largest absolute Gasteiger partial charge is 0.391 e. The summed E-state index contributed by atoms with van der Waals surface area (Å²) >= 11 is 0. The van der Waals surface area contributed by atoms with E-state index < -0.39 is 29.3 Å². The van der Waals surface area contributed by atoms with Crippen molar-refractivity contribution in [3.63, 3.8) is 0 Å². The Morgan fingerprint density at radius 3 is 2.20 bits per heavy atom. The average Bonchev–Trinajstić information content (AvgIpc) is 2.15. The number of aliphatic hydroxyl groups excluding tert-OH is 1. The molecule has 0 bridgehead atoms. The molecular weight excluding hydrogens is 202 g/mol. The van der Waals surface area contributed by atoms with Crippen LogP contribution in [0.5, 0.6) is 0 Å². The van der Waals surface area contributed by atoms with Crippen LogP contribution >= 0.6 is 0 Å². The Labute approximate surface area is 85.7 Å². The summed E-state index contributed by atoms with van der Waals surface area (Å²) in [6.45, 7) is 1.42. The molecular formula is C10H10F2N2O. The highest BCUT2D eigenvalue weighted by molar-refractivity contribution is 5.36. The molecule has 0 fully saturated rings. The van der Waals surface area contributed by atoms with Gasteiger partial charge in [-0.25, -0.2) is 8.78 Å². The Morgan fingerprint density at radius 2 is 1.87 bits per heavy atom. The lowest BCUT2D eigenvalue weighted by Crippen LogP contribution is -2.23. The molecule has 0 unspecified atom stereocenters. The molecule has 0 aliphatic carbocycles. The minimum Gasteiger partial charge on any atom is -0.391 e. The van der Waals surface area contributed by atoms with Crippen LogP contribution in [0.1, 0.15) is 24.1 Å². The Morgan fingerprint density at radius 1 is 1.40 bits per heavy atom. The van der Waals surface area contributed by atoms with Gasteiger partial charge in [0.05, 0.1) is 12.1 Å². The molecule has 0 heterocycles. The van der Waals surface area contributed by atoms with Crippen molar-refractivity contribution in [2.24, 2.45) is 5.73 Å². The highest BCUT2D eigenvalue weighted by Crippen LogP contribution is 2.20. The summed E-state index contributed by atoms with van der Waals surface area (Å²) in [5.41, 5.74) is 4.98. The number of nitrogens with two attached hydrogens (primary N) is 1. The molecule has 0 saturated heterocycles. The second kappa shape index (κ2) is 4.34. The lowest BCUT2D eigenvalue weighted by atomic mass is 10.0. The number of aliphatic hydroxyl groups is 1. The number of hydrogen-bond donors (Lipinski definition) is 2. The maximum Gasteiger partial charge on any atom is 0.144 e. The first-order valence-corrected chi connectivity index (χ1v) is 4.30. The van der Waals surface area contributed by atoms with Crippen molar-refractivity contribution in [2.45, 2.75) is 19.1 Å². The van der Waals surface area contributed by atoms with Gasteiger partial charge in [-0.15, -0.1) is 0 Å². The van der Waals surface area contributed by atoms with Crippen LogP contribution in [0.25, 0.3) is 0 Å². The van der Waals surface area contributed by atoms with E-state index in [4.69, 9.17) is 16.1 Å². The quantitative estimate of drug-likeness (QED) is 0.774. The number of hydrogen-bond acceptors (Lipinski definition) is 3. The van der Waals surface area contributed by atoms with E-state index in [0.717, 1.165) is 12.1 Å². The standard InChI is InChI=1S/C10H10F2N2O/c1-5(15)10(14)6-2-8(11)7(4-13)9(12)3-6/h2-3,5,10,15H,14H2,1H3/t5-,10-/m1/s1. The van der Waals surface area contributed by atoms with Crippen LogP contribution in [0.15, 0.2) is 12.1 Å². The van der Waals surface area contributed by atoms with Crippen molar-refractivity contribution in [1.29, 1.82) is 5.26 Å². The maximum absolute atomic E-state index is 13.1. The van der Waals surface area contributed by atoms with Crippen LogP contribution in [0.3, 0.4) is 0 Å². The molecule has 1 rings (SSSR count). The molecule has 0 spiro atoms. The fourth-order valence-corrected chi connectivity index (χ4v) is 1.17. The summed E-state index contributed by atoms with van der Waals surface area (Å²) in [5, 5.41) is 17.6. The predicted octanol–water partition coefficient (Wildman–Crippen LogP) is 1.22. The molecule has 0 aliphatic rings. The minimum absolute atomic E-state index is 0.124. The van der Waals surface area contributed by atoms with Crippen molar-refractivity contribution < 1.29 is 13.9 Å². The van der Waals surface area contributed by atoms with E-state index >= 15 is 0 Å². The van der Waals surface area contributed by atoms with Gasteiger partial charge < -0.3 is 10.8 Å². The van der Waals surface area contributed by atoms with Gasteiger partial charge in [-0.05, 0) is 24.6 Å². The minimum atomic E-state index is -0.969. The molecule has 5 heteroatoms. The zero-order valence-electron chi connectivity index (χ0n) is 8.04. The van der Waals surface area contributed by atoms with E-state index in [1.165, 1.54) is 13.0 Å². The van der Waals surface area contributed by atoms with Crippen LogP contribution in [0.4, 0.5) is 8.78 Å². The third-order valence-corrected chi connectivity index (χ3v) is 2.08. The van der Waals surface area contributed by atoms with Crippen molar-refractivity contribution >= 4 is 0 Å². The molecule has 15 heavy (non-hydrogen) atoms. The topological polar surface area (TPSA) is 70.0 Å². The molecule has 3 nitrogen and oxygen atoms in total. The SMILES string of the molecule is C[C@@H](O)[C@@H](N)c1cc(F)c(C#N)c(F)c1. The number of nitrogens with zero attached hydrogens (tertiary/aromatic N) is 1. The van der Waals surface area contributed by atoms with Crippen molar-refractivity contribution in [3.05, 3.63) is 34.9 Å². The maximum atomic E-state index is 13.1. The van der Waals surface area contributed by atoms with Gasteiger partial charge in [0.25, 0.3) is 0 Å². The van der Waals surface area contributed by atoms with Crippen LogP contribution < -0.4 is 5.73 Å². The molecule has 80 valence electrons. The van der Waals surface area contributed by atoms with E-state index in [1.54, 1.807) is 0 Å². The highest BCUT2D eigenvalue weighted by Gasteiger charge is 2.17. The second-order valence-corrected chi connectivity index (χ2v) is 3.24. The smallest absolute Gasteiger partial charge is 0.144 e. The molecule has 0 amide bonds. The summed E-state index contributed by atoms with van der Waals surface area (Å²) in [7, 11) is 0. The summed E-state index contributed by atoms with van der Waals surface area (Å²) in [6, 6.07) is 2.45. The highest BCUT2D eigenvalue weighted by atomic mass is 19.1. The third kappa shape index (κ3) is 2.29. The molecule has 0 radical (unpaired) electrons. The van der Waals surface area contributed by atoms with E-state index in [2.05, 4.69) is 0 Å². The zero-order chi connectivity index (χ0) is 11.6. The van der Waals surface area contributed by atoms with E-state index in [9.17, 15) is 8.78 Å². The Balaban J connectivity index is 3.21. The lowest BCUT2D eigenvalue weighted by Gasteiger charge is -2.15. The monoisotopic (exact) mass is 212 g/mol. The zero-order valence-corrected chi connectivity index (χ0v) is 8.04. The number of nitriles is 1. The third-order valence-electron chi connectivity index (χ3n) is 2.08. The van der Waals surface area contributed by atoms with Gasteiger partial charge in [0, 0.05) is 0 Å². The molecule has 1 aromatic carbocycles. The fraction of sp³-hybridized carbons (Fsp3) is 0.300. The van der Waals surface area contributed by atoms with Crippen LogP contribution in [-0.2, 0) is 0 Å². The second-order valence-electron chi connectivity index (χ2n) is 3.24. The van der Waals surface area contributed by atoms with Gasteiger partial charge in [0.1, 0.15) is 23.3 Å². The van der Waals surface area contributed by atoms with Gasteiger partial charge in [-0.3, -0.25) is 0 Å². The number of rotatable bonds is 2. The van der Waals surface area contributed by atoms with Gasteiger partial charge in [0.15, 0.2) is 0 Å². The molecule has 0 aliphatic heterocycles. The van der Waals surface area contributed by atoms with Gasteiger partial charge in [0.2, 0.25) is 0 Å². The van der Waals surface area contributed by atoms with Crippen LogP contribution in [-0.4, -0.2) is 11.2 Å². The summed E-state index contributed by atoms with van der Waals surface area (Å²) in [4.78, 5) is 0. The van der Waals surface area contributed by atoms with Crippen LogP contribution in [0, 0.1) is 23.0 Å². The van der Waals surface area contributed by atoms with Crippen molar-refractivity contribution in [3.8, 4) is 6.07 Å². The van der Waals surface area contributed by atoms with Gasteiger partial charge in [-0.1, -0.05) is 0 Å². The molecule has 0 saturated carbocycles. The first-order chi connectivity index (χ1) is 6.97. The lowest BCUT2D eigenvalue weighted by molar-refractivity contribution is 0.164. The van der Waals surface area contributed by atoms with E-state index in [0.29, 0.717) is 0 Å². The predicted molar refractivity (Wildman–Crippen MR) is 49.7 cm³/mol.